The maximum Gasteiger partial charge on any atom is 0.237 e. The lowest BCUT2D eigenvalue weighted by Crippen LogP contribution is -2.66. The molecule has 1 aliphatic rings. The molecule has 2 rings (SSSR count). The average molecular weight is 497 g/mol. The Morgan fingerprint density at radius 3 is 2.46 bits per heavy atom. The number of ether oxygens (including phenoxy) is 2. The first-order valence-corrected chi connectivity index (χ1v) is 11.9. The number of nitrogens with two attached hydrogens (primary N) is 4. The second kappa shape index (κ2) is 15.1. The Labute approximate surface area is 205 Å². The van der Waals surface area contributed by atoms with E-state index in [1.807, 2.05) is 30.3 Å². The summed E-state index contributed by atoms with van der Waals surface area (Å²) in [6.45, 7) is 0.752. The van der Waals surface area contributed by atoms with Gasteiger partial charge in [0.05, 0.1) is 18.7 Å². The summed E-state index contributed by atoms with van der Waals surface area (Å²) >= 11 is 0. The summed E-state index contributed by atoms with van der Waals surface area (Å²) in [6, 6.07) is 6.95. The summed E-state index contributed by atoms with van der Waals surface area (Å²) in [5.41, 5.74) is 23.5. The molecule has 198 valence electrons. The number of rotatable bonds is 15. The number of hydrogen-bond donors (Lipinski definition) is 8. The lowest BCUT2D eigenvalue weighted by molar-refractivity contribution is -0.261. The number of hydrogen-bond acceptors (Lipinski definition) is 10. The minimum absolute atomic E-state index is 0.0591. The molecule has 0 aliphatic carbocycles. The van der Waals surface area contributed by atoms with E-state index in [1.165, 1.54) is 0 Å². The van der Waals surface area contributed by atoms with Gasteiger partial charge in [0.25, 0.3) is 0 Å². The molecular weight excluding hydrogens is 456 g/mol. The third-order valence-corrected chi connectivity index (χ3v) is 5.95. The van der Waals surface area contributed by atoms with Gasteiger partial charge in [-0.3, -0.25) is 9.59 Å². The fourth-order valence-electron chi connectivity index (χ4n) is 3.86. The number of carbonyl (C=O) groups is 2. The van der Waals surface area contributed by atoms with Crippen LogP contribution in [0, 0.1) is 0 Å². The Morgan fingerprint density at radius 2 is 1.83 bits per heavy atom. The van der Waals surface area contributed by atoms with Crippen molar-refractivity contribution < 1.29 is 29.3 Å². The van der Waals surface area contributed by atoms with Gasteiger partial charge in [-0.15, -0.1) is 0 Å². The van der Waals surface area contributed by atoms with E-state index in [0.29, 0.717) is 25.8 Å². The molecule has 1 aliphatic heterocycles. The van der Waals surface area contributed by atoms with Crippen molar-refractivity contribution in [3.8, 4) is 0 Å². The average Bonchev–Trinajstić information content (AvgIpc) is 2.85. The van der Waals surface area contributed by atoms with Crippen LogP contribution in [0.2, 0.25) is 0 Å². The van der Waals surface area contributed by atoms with Crippen LogP contribution in [0.1, 0.15) is 24.8 Å². The van der Waals surface area contributed by atoms with Crippen LogP contribution in [0.15, 0.2) is 30.3 Å². The first-order valence-electron chi connectivity index (χ1n) is 11.9. The van der Waals surface area contributed by atoms with Gasteiger partial charge >= 0.3 is 0 Å². The minimum atomic E-state index is -1.38. The van der Waals surface area contributed by atoms with Crippen LogP contribution >= 0.6 is 0 Å². The summed E-state index contributed by atoms with van der Waals surface area (Å²) in [5, 5.41) is 26.6. The van der Waals surface area contributed by atoms with Gasteiger partial charge in [0.2, 0.25) is 11.8 Å². The molecule has 12 heteroatoms. The predicted octanol–water partition coefficient (Wildman–Crippen LogP) is -2.96. The zero-order valence-electron chi connectivity index (χ0n) is 19.9. The lowest BCUT2D eigenvalue weighted by atomic mass is 9.96. The molecule has 0 spiro atoms. The van der Waals surface area contributed by atoms with Crippen molar-refractivity contribution in [2.24, 2.45) is 22.9 Å². The van der Waals surface area contributed by atoms with Crippen molar-refractivity contribution in [3.63, 3.8) is 0 Å². The molecule has 1 fully saturated rings. The first kappa shape index (κ1) is 29.1. The largest absolute Gasteiger partial charge is 0.388 e. The van der Waals surface area contributed by atoms with E-state index in [0.717, 1.165) is 12.0 Å². The molecule has 1 heterocycles. The van der Waals surface area contributed by atoms with Gasteiger partial charge in [-0.1, -0.05) is 36.8 Å². The quantitative estimate of drug-likeness (QED) is 0.115. The zero-order valence-corrected chi connectivity index (χ0v) is 19.9. The maximum absolute atomic E-state index is 12.6. The Morgan fingerprint density at radius 1 is 1.11 bits per heavy atom. The number of unbranched alkanes of at least 4 members (excludes halogenated alkanes) is 1. The van der Waals surface area contributed by atoms with Crippen LogP contribution in [0.25, 0.3) is 0 Å². The lowest BCUT2D eigenvalue weighted by Gasteiger charge is -2.42. The summed E-state index contributed by atoms with van der Waals surface area (Å²) in [5.74, 6) is -1.00. The highest BCUT2D eigenvalue weighted by atomic mass is 16.7. The molecule has 0 saturated carbocycles. The highest BCUT2D eigenvalue weighted by molar-refractivity contribution is 5.82. The Hall–Kier alpha value is -2.16. The van der Waals surface area contributed by atoms with Gasteiger partial charge < -0.3 is 53.3 Å². The van der Waals surface area contributed by atoms with Crippen molar-refractivity contribution in [2.45, 2.75) is 68.4 Å². The SMILES string of the molecule is NCCCC[C@H](N)C(=O)N[C@H]1[C@@H](OCCN[C@@H](Cc2ccccc2)C(N)=O)O[C@H](CN)[C@@H](O)[C@@H]1O. The first-order chi connectivity index (χ1) is 16.8. The Balaban J connectivity index is 1.94. The molecule has 0 aromatic heterocycles. The van der Waals surface area contributed by atoms with Crippen molar-refractivity contribution in [2.75, 3.05) is 26.2 Å². The number of benzene rings is 1. The minimum Gasteiger partial charge on any atom is -0.388 e. The maximum atomic E-state index is 12.6. The van der Waals surface area contributed by atoms with Gasteiger partial charge in [0, 0.05) is 13.1 Å². The van der Waals surface area contributed by atoms with Crippen molar-refractivity contribution >= 4 is 11.8 Å². The van der Waals surface area contributed by atoms with E-state index in [2.05, 4.69) is 10.6 Å². The highest BCUT2D eigenvalue weighted by Crippen LogP contribution is 2.22. The van der Waals surface area contributed by atoms with Crippen LogP contribution in [-0.4, -0.2) is 91.0 Å². The van der Waals surface area contributed by atoms with E-state index in [4.69, 9.17) is 32.4 Å². The predicted molar refractivity (Wildman–Crippen MR) is 130 cm³/mol. The van der Waals surface area contributed by atoms with E-state index in [9.17, 15) is 19.8 Å². The third kappa shape index (κ3) is 9.09. The van der Waals surface area contributed by atoms with Crippen LogP contribution in [0.3, 0.4) is 0 Å². The van der Waals surface area contributed by atoms with Gasteiger partial charge in [0.15, 0.2) is 6.29 Å². The standard InChI is InChI=1S/C23H40N6O6/c24-9-5-4-8-15(26)22(33)29-18-20(31)19(30)17(13-25)35-23(18)34-11-10-28-16(21(27)32)12-14-6-2-1-3-7-14/h1-3,6-7,15-20,23,28,30-31H,4-5,8-13,24-26H2,(H2,27,32)(H,29,33)/t15-,16-,17+,18+,19+,20+,23-/m0/s1. The number of aliphatic hydroxyl groups excluding tert-OH is 2. The summed E-state index contributed by atoms with van der Waals surface area (Å²) in [7, 11) is 0. The van der Waals surface area contributed by atoms with Gasteiger partial charge in [-0.2, -0.15) is 0 Å². The van der Waals surface area contributed by atoms with E-state index < -0.39 is 54.5 Å². The Bertz CT molecular complexity index is 772. The Kier molecular flexibility index (Phi) is 12.5. The molecule has 35 heavy (non-hydrogen) atoms. The molecule has 7 atom stereocenters. The fourth-order valence-corrected chi connectivity index (χ4v) is 3.86. The molecule has 1 saturated heterocycles. The second-order valence-corrected chi connectivity index (χ2v) is 8.65. The van der Waals surface area contributed by atoms with Crippen molar-refractivity contribution in [1.29, 1.82) is 0 Å². The van der Waals surface area contributed by atoms with Gasteiger partial charge in [-0.25, -0.2) is 0 Å². The zero-order chi connectivity index (χ0) is 25.8. The summed E-state index contributed by atoms with van der Waals surface area (Å²) < 4.78 is 11.5. The van der Waals surface area contributed by atoms with E-state index >= 15 is 0 Å². The molecule has 1 aromatic carbocycles. The highest BCUT2D eigenvalue weighted by Gasteiger charge is 2.45. The molecule has 12 N–H and O–H groups in total. The van der Waals surface area contributed by atoms with E-state index in [-0.39, 0.29) is 19.7 Å². The molecule has 0 unspecified atom stereocenters. The number of aliphatic hydroxyl groups is 2. The molecule has 0 radical (unpaired) electrons. The van der Waals surface area contributed by atoms with Gasteiger partial charge in [-0.05, 0) is 31.4 Å². The normalized spacial score (nSPS) is 26.1. The van der Waals surface area contributed by atoms with Crippen LogP contribution in [-0.2, 0) is 25.5 Å². The number of primary amides is 1. The molecular formula is C23H40N6O6. The third-order valence-electron chi connectivity index (χ3n) is 5.95. The molecule has 2 amide bonds. The van der Waals surface area contributed by atoms with Crippen molar-refractivity contribution in [3.05, 3.63) is 35.9 Å². The fraction of sp³-hybridized carbons (Fsp3) is 0.652. The molecule has 1 aromatic rings. The summed E-state index contributed by atoms with van der Waals surface area (Å²) in [6.07, 6.45) is -2.42. The number of carbonyl (C=O) groups excluding carboxylic acids is 2. The monoisotopic (exact) mass is 496 g/mol. The van der Waals surface area contributed by atoms with Crippen LogP contribution < -0.4 is 33.6 Å². The van der Waals surface area contributed by atoms with Crippen LogP contribution in [0.5, 0.6) is 0 Å². The van der Waals surface area contributed by atoms with Gasteiger partial charge in [0.1, 0.15) is 24.4 Å². The number of nitrogens with one attached hydrogen (secondary N) is 2. The van der Waals surface area contributed by atoms with E-state index in [1.54, 1.807) is 0 Å². The number of amides is 2. The smallest absolute Gasteiger partial charge is 0.237 e. The topological polar surface area (TPSA) is 221 Å². The molecule has 0 bridgehead atoms. The second-order valence-electron chi connectivity index (χ2n) is 8.65. The van der Waals surface area contributed by atoms with Crippen molar-refractivity contribution in [1.82, 2.24) is 10.6 Å². The molecule has 12 nitrogen and oxygen atoms in total. The van der Waals surface area contributed by atoms with Crippen LogP contribution in [0.4, 0.5) is 0 Å². The summed E-state index contributed by atoms with van der Waals surface area (Å²) in [4.78, 5) is 24.4.